The minimum absolute atomic E-state index is 0.167. The van der Waals surface area contributed by atoms with Crippen LogP contribution < -0.4 is 10.0 Å². The second kappa shape index (κ2) is 7.16. The second-order valence-electron chi connectivity index (χ2n) is 5.03. The molecular weight excluding hydrogens is 336 g/mol. The maximum absolute atomic E-state index is 12.3. The van der Waals surface area contributed by atoms with Crippen LogP contribution in [0.5, 0.6) is 0 Å². The Morgan fingerprint density at radius 2 is 1.91 bits per heavy atom. The largest absolute Gasteiger partial charge is 0.301 e. The molecular formula is C14H18N4O3S2. The maximum atomic E-state index is 12.3. The molecule has 0 radical (unpaired) electrons. The van der Waals surface area contributed by atoms with Gasteiger partial charge in [0.1, 0.15) is 0 Å². The Balaban J connectivity index is 2.12. The fourth-order valence-corrected chi connectivity index (χ4v) is 3.95. The molecule has 124 valence electrons. The number of carbonyl (C=O) groups is 1. The Labute approximate surface area is 139 Å². The predicted molar refractivity (Wildman–Crippen MR) is 88.7 cm³/mol. The van der Waals surface area contributed by atoms with Crippen LogP contribution in [0.2, 0.25) is 0 Å². The number of aromatic nitrogens is 2. The Kier molecular flexibility index (Phi) is 5.45. The van der Waals surface area contributed by atoms with E-state index >= 15 is 0 Å². The molecule has 1 aromatic carbocycles. The minimum atomic E-state index is -3.80. The zero-order valence-electron chi connectivity index (χ0n) is 13.0. The third-order valence-electron chi connectivity index (χ3n) is 3.11. The van der Waals surface area contributed by atoms with E-state index < -0.39 is 16.1 Å². The number of hydrogen-bond donors (Lipinski definition) is 2. The number of aryl methyl sites for hydroxylation is 1. The van der Waals surface area contributed by atoms with E-state index in [0.717, 1.165) is 22.5 Å². The SMILES string of the molecule is CCC(=O)Nc1nnc(S(=O)(=O)N[C@H](C)c2ccc(C)cc2)s1. The van der Waals surface area contributed by atoms with Crippen molar-refractivity contribution in [3.8, 4) is 0 Å². The molecule has 0 aliphatic rings. The molecule has 0 saturated heterocycles. The van der Waals surface area contributed by atoms with Crippen molar-refractivity contribution in [3.63, 3.8) is 0 Å². The van der Waals surface area contributed by atoms with Crippen molar-refractivity contribution < 1.29 is 13.2 Å². The number of amides is 1. The molecule has 0 aliphatic carbocycles. The number of nitrogens with zero attached hydrogens (tertiary/aromatic N) is 2. The van der Waals surface area contributed by atoms with E-state index in [1.54, 1.807) is 13.8 Å². The summed E-state index contributed by atoms with van der Waals surface area (Å²) in [4.78, 5) is 11.3. The lowest BCUT2D eigenvalue weighted by Crippen LogP contribution is -2.26. The molecule has 2 rings (SSSR count). The third kappa shape index (κ3) is 4.57. The first-order chi connectivity index (χ1) is 10.8. The summed E-state index contributed by atoms with van der Waals surface area (Å²) in [5.74, 6) is -0.244. The summed E-state index contributed by atoms with van der Waals surface area (Å²) in [6.07, 6.45) is 0.282. The van der Waals surface area contributed by atoms with Crippen molar-refractivity contribution in [1.29, 1.82) is 0 Å². The number of rotatable bonds is 6. The van der Waals surface area contributed by atoms with Gasteiger partial charge in [0.05, 0.1) is 0 Å². The van der Waals surface area contributed by atoms with Gasteiger partial charge in [-0.05, 0) is 19.4 Å². The normalized spacial score (nSPS) is 12.8. The topological polar surface area (TPSA) is 101 Å². The number of anilines is 1. The van der Waals surface area contributed by atoms with Gasteiger partial charge < -0.3 is 5.32 Å². The van der Waals surface area contributed by atoms with Crippen molar-refractivity contribution in [3.05, 3.63) is 35.4 Å². The van der Waals surface area contributed by atoms with Gasteiger partial charge in [0, 0.05) is 12.5 Å². The van der Waals surface area contributed by atoms with Crippen LogP contribution in [-0.4, -0.2) is 24.5 Å². The van der Waals surface area contributed by atoms with E-state index in [0.29, 0.717) is 0 Å². The zero-order chi connectivity index (χ0) is 17.0. The highest BCUT2D eigenvalue weighted by Gasteiger charge is 2.23. The molecule has 0 fully saturated rings. The molecule has 1 amide bonds. The van der Waals surface area contributed by atoms with Crippen LogP contribution >= 0.6 is 11.3 Å². The molecule has 9 heteroatoms. The zero-order valence-corrected chi connectivity index (χ0v) is 14.7. The number of nitrogens with one attached hydrogen (secondary N) is 2. The monoisotopic (exact) mass is 354 g/mol. The molecule has 1 heterocycles. The van der Waals surface area contributed by atoms with E-state index in [1.807, 2.05) is 31.2 Å². The summed E-state index contributed by atoms with van der Waals surface area (Å²) in [6, 6.07) is 7.18. The fourth-order valence-electron chi connectivity index (χ4n) is 1.78. The minimum Gasteiger partial charge on any atom is -0.301 e. The average Bonchev–Trinajstić information content (AvgIpc) is 2.96. The summed E-state index contributed by atoms with van der Waals surface area (Å²) in [5, 5.41) is 9.97. The lowest BCUT2D eigenvalue weighted by atomic mass is 10.1. The van der Waals surface area contributed by atoms with Gasteiger partial charge in [0.25, 0.3) is 10.0 Å². The van der Waals surface area contributed by atoms with E-state index in [9.17, 15) is 13.2 Å². The van der Waals surface area contributed by atoms with E-state index in [2.05, 4.69) is 20.2 Å². The van der Waals surface area contributed by atoms with Crippen LogP contribution in [0.3, 0.4) is 0 Å². The van der Waals surface area contributed by atoms with Crippen LogP contribution in [0.15, 0.2) is 28.6 Å². The molecule has 2 N–H and O–H groups in total. The highest BCUT2D eigenvalue weighted by atomic mass is 32.2. The summed E-state index contributed by atoms with van der Waals surface area (Å²) >= 11 is 0.819. The highest BCUT2D eigenvalue weighted by molar-refractivity contribution is 7.91. The van der Waals surface area contributed by atoms with Gasteiger partial charge in [0.15, 0.2) is 0 Å². The highest BCUT2D eigenvalue weighted by Crippen LogP contribution is 2.22. The van der Waals surface area contributed by atoms with E-state index in [-0.39, 0.29) is 21.8 Å². The molecule has 23 heavy (non-hydrogen) atoms. The summed E-state index contributed by atoms with van der Waals surface area (Å²) in [5.41, 5.74) is 1.95. The fraction of sp³-hybridized carbons (Fsp3) is 0.357. The van der Waals surface area contributed by atoms with Crippen LogP contribution in [0.4, 0.5) is 5.13 Å². The van der Waals surface area contributed by atoms with E-state index in [1.165, 1.54) is 0 Å². The number of benzene rings is 1. The smallest absolute Gasteiger partial charge is 0.270 e. The van der Waals surface area contributed by atoms with Crippen molar-refractivity contribution in [2.75, 3.05) is 5.32 Å². The number of hydrogen-bond acceptors (Lipinski definition) is 6. The molecule has 0 aliphatic heterocycles. The van der Waals surface area contributed by atoms with Crippen molar-refractivity contribution in [2.24, 2.45) is 0 Å². The van der Waals surface area contributed by atoms with Crippen LogP contribution in [0.25, 0.3) is 0 Å². The van der Waals surface area contributed by atoms with Gasteiger partial charge in [-0.2, -0.15) is 0 Å². The molecule has 0 unspecified atom stereocenters. The lowest BCUT2D eigenvalue weighted by Gasteiger charge is -2.13. The third-order valence-corrected chi connectivity index (χ3v) is 5.86. The summed E-state index contributed by atoms with van der Waals surface area (Å²) < 4.78 is 27.0. The van der Waals surface area contributed by atoms with Crippen LogP contribution in [-0.2, 0) is 14.8 Å². The Bertz CT molecular complexity index is 785. The Morgan fingerprint density at radius 3 is 2.52 bits per heavy atom. The van der Waals surface area contributed by atoms with Gasteiger partial charge in [-0.3, -0.25) is 4.79 Å². The Hall–Kier alpha value is -1.84. The van der Waals surface area contributed by atoms with Crippen molar-refractivity contribution in [2.45, 2.75) is 37.6 Å². The molecule has 0 bridgehead atoms. The standard InChI is InChI=1S/C14H18N4O3S2/c1-4-12(19)15-13-16-17-14(22-13)23(20,21)18-10(3)11-7-5-9(2)6-8-11/h5-8,10,18H,4H2,1-3H3,(H,15,16,19)/t10-/m1/s1. The van der Waals surface area contributed by atoms with Crippen LogP contribution in [0, 0.1) is 6.92 Å². The molecule has 2 aromatic rings. The van der Waals surface area contributed by atoms with Crippen molar-refractivity contribution >= 4 is 32.4 Å². The summed E-state index contributed by atoms with van der Waals surface area (Å²) in [6.45, 7) is 5.41. The Morgan fingerprint density at radius 1 is 1.26 bits per heavy atom. The average molecular weight is 354 g/mol. The van der Waals surface area contributed by atoms with Gasteiger partial charge >= 0.3 is 0 Å². The van der Waals surface area contributed by atoms with Gasteiger partial charge in [-0.1, -0.05) is 48.1 Å². The van der Waals surface area contributed by atoms with Crippen LogP contribution in [0.1, 0.15) is 37.4 Å². The first-order valence-corrected chi connectivity index (χ1v) is 9.34. The first-order valence-electron chi connectivity index (χ1n) is 7.04. The quantitative estimate of drug-likeness (QED) is 0.775. The second-order valence-corrected chi connectivity index (χ2v) is 7.89. The molecule has 7 nitrogen and oxygen atoms in total. The van der Waals surface area contributed by atoms with E-state index in [4.69, 9.17) is 0 Å². The number of carbonyl (C=O) groups excluding carboxylic acids is 1. The number of sulfonamides is 1. The predicted octanol–water partition coefficient (Wildman–Crippen LogP) is 2.23. The lowest BCUT2D eigenvalue weighted by molar-refractivity contribution is -0.115. The van der Waals surface area contributed by atoms with Gasteiger partial charge in [0.2, 0.25) is 15.4 Å². The molecule has 1 atom stereocenters. The molecule has 0 saturated carbocycles. The first kappa shape index (κ1) is 17.5. The molecule has 0 spiro atoms. The van der Waals surface area contributed by atoms with Gasteiger partial charge in [-0.25, -0.2) is 13.1 Å². The summed E-state index contributed by atoms with van der Waals surface area (Å²) in [7, 11) is -3.80. The molecule has 1 aromatic heterocycles. The van der Waals surface area contributed by atoms with Gasteiger partial charge in [-0.15, -0.1) is 10.2 Å². The maximum Gasteiger partial charge on any atom is 0.270 e. The van der Waals surface area contributed by atoms with Crippen molar-refractivity contribution in [1.82, 2.24) is 14.9 Å².